The lowest BCUT2D eigenvalue weighted by Crippen LogP contribution is -2.72. The number of imide groups is 1. The van der Waals surface area contributed by atoms with Gasteiger partial charge < -0.3 is 15.4 Å². The van der Waals surface area contributed by atoms with Crippen molar-refractivity contribution in [2.45, 2.75) is 18.8 Å². The summed E-state index contributed by atoms with van der Waals surface area (Å²) in [6, 6.07) is 7.40. The minimum atomic E-state index is -3.06. The Kier molecular flexibility index (Phi) is 4.06. The number of rotatable bonds is 4. The number of benzene rings is 1. The van der Waals surface area contributed by atoms with E-state index in [1.165, 1.54) is 6.92 Å². The molecule has 1 aliphatic rings. The third-order valence-corrected chi connectivity index (χ3v) is 2.89. The minimum Gasteiger partial charge on any atom is -0.463 e. The van der Waals surface area contributed by atoms with E-state index in [9.17, 15) is 18.8 Å². The molecule has 1 aromatic rings. The maximum Gasteiger partial charge on any atom is 0.358 e. The Morgan fingerprint density at radius 3 is 2.67 bits per heavy atom. The molecule has 0 aromatic heterocycles. The SMILES string of the molecule is CCOC(=O)C1(F)C(=O)NC(=O)NC1Nc1ccccc1. The molecule has 2 atom stereocenters. The van der Waals surface area contributed by atoms with Crippen LogP contribution in [0.4, 0.5) is 14.9 Å². The second kappa shape index (κ2) is 5.78. The van der Waals surface area contributed by atoms with Crippen molar-refractivity contribution in [2.75, 3.05) is 11.9 Å². The molecule has 0 saturated carbocycles. The molecular weight excluding hydrogens is 281 g/mol. The van der Waals surface area contributed by atoms with E-state index < -0.39 is 29.7 Å². The summed E-state index contributed by atoms with van der Waals surface area (Å²) in [7, 11) is 0. The maximum absolute atomic E-state index is 14.9. The smallest absolute Gasteiger partial charge is 0.358 e. The van der Waals surface area contributed by atoms with Crippen LogP contribution < -0.4 is 16.0 Å². The molecule has 2 rings (SSSR count). The van der Waals surface area contributed by atoms with Gasteiger partial charge in [-0.15, -0.1) is 0 Å². The van der Waals surface area contributed by atoms with Gasteiger partial charge in [0, 0.05) is 5.69 Å². The molecule has 0 bridgehead atoms. The van der Waals surface area contributed by atoms with Gasteiger partial charge in [0.25, 0.3) is 5.91 Å². The standard InChI is InChI=1S/C13H14FN3O4/c1-2-21-11(19)13(14)9(16-12(20)17-10(13)18)15-8-6-4-3-5-7-8/h3-7,9,15H,2H2,1H3,(H2,16,17,18,20). The number of urea groups is 1. The van der Waals surface area contributed by atoms with Crippen LogP contribution in [-0.2, 0) is 14.3 Å². The third-order valence-electron chi connectivity index (χ3n) is 2.89. The Balaban J connectivity index is 2.30. The molecule has 8 heteroatoms. The highest BCUT2D eigenvalue weighted by Crippen LogP contribution is 2.24. The van der Waals surface area contributed by atoms with Gasteiger partial charge in [-0.05, 0) is 19.1 Å². The topological polar surface area (TPSA) is 96.5 Å². The molecule has 3 amide bonds. The maximum atomic E-state index is 14.9. The van der Waals surface area contributed by atoms with Crippen LogP contribution in [0, 0.1) is 0 Å². The molecule has 1 aliphatic heterocycles. The summed E-state index contributed by atoms with van der Waals surface area (Å²) in [6.45, 7) is 1.39. The lowest BCUT2D eigenvalue weighted by atomic mass is 9.99. The molecule has 21 heavy (non-hydrogen) atoms. The highest BCUT2D eigenvalue weighted by atomic mass is 19.1. The molecular formula is C13H14FN3O4. The van der Waals surface area contributed by atoms with Crippen molar-refractivity contribution in [3.8, 4) is 0 Å². The van der Waals surface area contributed by atoms with Gasteiger partial charge in [0.15, 0.2) is 6.17 Å². The predicted octanol–water partition coefficient (Wildman–Crippen LogP) is 0.535. The summed E-state index contributed by atoms with van der Waals surface area (Å²) in [6.07, 6.45) is -1.57. The Morgan fingerprint density at radius 2 is 2.05 bits per heavy atom. The number of amides is 3. The zero-order valence-corrected chi connectivity index (χ0v) is 11.2. The van der Waals surface area contributed by atoms with Gasteiger partial charge in [-0.3, -0.25) is 10.1 Å². The minimum absolute atomic E-state index is 0.0935. The molecule has 3 N–H and O–H groups in total. The zero-order valence-electron chi connectivity index (χ0n) is 11.2. The number of carbonyl (C=O) groups excluding carboxylic acids is 3. The lowest BCUT2D eigenvalue weighted by Gasteiger charge is -2.35. The number of hydrogen-bond donors (Lipinski definition) is 3. The van der Waals surface area contributed by atoms with Crippen LogP contribution in [0.15, 0.2) is 30.3 Å². The molecule has 1 aromatic carbocycles. The monoisotopic (exact) mass is 295 g/mol. The van der Waals surface area contributed by atoms with Gasteiger partial charge in [-0.25, -0.2) is 14.0 Å². The Hall–Kier alpha value is -2.64. The van der Waals surface area contributed by atoms with E-state index in [1.807, 2.05) is 0 Å². The molecule has 2 unspecified atom stereocenters. The van der Waals surface area contributed by atoms with Gasteiger partial charge in [-0.2, -0.15) is 0 Å². The summed E-state index contributed by atoms with van der Waals surface area (Å²) in [4.78, 5) is 34.9. The predicted molar refractivity (Wildman–Crippen MR) is 71.0 cm³/mol. The summed E-state index contributed by atoms with van der Waals surface area (Å²) < 4.78 is 19.5. The fourth-order valence-corrected chi connectivity index (χ4v) is 1.88. The Bertz CT molecular complexity index is 566. The van der Waals surface area contributed by atoms with Gasteiger partial charge in [-0.1, -0.05) is 18.2 Å². The van der Waals surface area contributed by atoms with Crippen LogP contribution in [0.2, 0.25) is 0 Å². The number of ether oxygens (including phenoxy) is 1. The summed E-state index contributed by atoms with van der Waals surface area (Å²) in [5, 5.41) is 6.49. The second-order valence-corrected chi connectivity index (χ2v) is 4.30. The van der Waals surface area contributed by atoms with Crippen molar-refractivity contribution in [3.63, 3.8) is 0 Å². The first kappa shape index (κ1) is 14.8. The van der Waals surface area contributed by atoms with Crippen molar-refractivity contribution in [2.24, 2.45) is 0 Å². The van der Waals surface area contributed by atoms with Crippen molar-refractivity contribution in [1.82, 2.24) is 10.6 Å². The summed E-state index contributed by atoms with van der Waals surface area (Å²) in [5.41, 5.74) is -2.62. The van der Waals surface area contributed by atoms with Crippen LogP contribution in [0.1, 0.15) is 6.92 Å². The Morgan fingerprint density at radius 1 is 1.38 bits per heavy atom. The van der Waals surface area contributed by atoms with Gasteiger partial charge >= 0.3 is 17.7 Å². The Labute approximate surface area is 119 Å². The van der Waals surface area contributed by atoms with Crippen molar-refractivity contribution < 1.29 is 23.5 Å². The number of anilines is 1. The van der Waals surface area contributed by atoms with Crippen LogP contribution in [0.25, 0.3) is 0 Å². The number of carbonyl (C=O) groups is 3. The van der Waals surface area contributed by atoms with Crippen LogP contribution in [0.3, 0.4) is 0 Å². The number of hydrogen-bond acceptors (Lipinski definition) is 5. The van der Waals surface area contributed by atoms with Crippen LogP contribution in [0.5, 0.6) is 0 Å². The van der Waals surface area contributed by atoms with Crippen LogP contribution in [-0.4, -0.2) is 36.3 Å². The first-order valence-corrected chi connectivity index (χ1v) is 6.28. The highest BCUT2D eigenvalue weighted by Gasteiger charge is 2.59. The molecule has 0 aliphatic carbocycles. The summed E-state index contributed by atoms with van der Waals surface area (Å²) in [5.74, 6) is -2.73. The molecule has 1 saturated heterocycles. The van der Waals surface area contributed by atoms with E-state index in [2.05, 4.69) is 15.4 Å². The average Bonchev–Trinajstić information content (AvgIpc) is 2.45. The van der Waals surface area contributed by atoms with Gasteiger partial charge in [0.2, 0.25) is 0 Å². The van der Waals surface area contributed by atoms with Gasteiger partial charge in [0.1, 0.15) is 0 Å². The normalized spacial score (nSPS) is 24.8. The van der Waals surface area contributed by atoms with E-state index in [4.69, 9.17) is 0 Å². The van der Waals surface area contributed by atoms with E-state index in [0.717, 1.165) is 0 Å². The largest absolute Gasteiger partial charge is 0.463 e. The molecule has 1 heterocycles. The number of esters is 1. The highest BCUT2D eigenvalue weighted by molar-refractivity contribution is 6.14. The number of halogens is 1. The van der Waals surface area contributed by atoms with Crippen LogP contribution >= 0.6 is 0 Å². The average molecular weight is 295 g/mol. The van der Waals surface area contributed by atoms with Crippen molar-refractivity contribution >= 4 is 23.6 Å². The molecule has 112 valence electrons. The molecule has 0 radical (unpaired) electrons. The zero-order chi connectivity index (χ0) is 15.5. The second-order valence-electron chi connectivity index (χ2n) is 4.30. The number of para-hydroxylation sites is 1. The first-order valence-electron chi connectivity index (χ1n) is 6.28. The third kappa shape index (κ3) is 2.78. The molecule has 7 nitrogen and oxygen atoms in total. The fourth-order valence-electron chi connectivity index (χ4n) is 1.88. The first-order chi connectivity index (χ1) is 9.98. The van der Waals surface area contributed by atoms with Crippen molar-refractivity contribution in [1.29, 1.82) is 0 Å². The van der Waals surface area contributed by atoms with E-state index in [-0.39, 0.29) is 6.61 Å². The quantitative estimate of drug-likeness (QED) is 0.556. The van der Waals surface area contributed by atoms with E-state index in [1.54, 1.807) is 35.6 Å². The van der Waals surface area contributed by atoms with E-state index >= 15 is 0 Å². The van der Waals surface area contributed by atoms with Gasteiger partial charge in [0.05, 0.1) is 6.61 Å². The van der Waals surface area contributed by atoms with E-state index in [0.29, 0.717) is 5.69 Å². The van der Waals surface area contributed by atoms with Crippen molar-refractivity contribution in [3.05, 3.63) is 30.3 Å². The summed E-state index contributed by atoms with van der Waals surface area (Å²) >= 11 is 0. The fraction of sp³-hybridized carbons (Fsp3) is 0.308. The number of alkyl halides is 1. The molecule has 1 fully saturated rings. The molecule has 0 spiro atoms. The number of nitrogens with one attached hydrogen (secondary N) is 3. The lowest BCUT2D eigenvalue weighted by molar-refractivity contribution is -0.165.